The normalized spacial score (nSPS) is 16.1. The summed E-state index contributed by atoms with van der Waals surface area (Å²) in [5.41, 5.74) is 1.02. The minimum absolute atomic E-state index is 0.0743. The SMILES string of the molecule is COCCOc1c(NC(=O)/C=C/C2CCCN2C)ccc2ncnc(Nc3ccc(Cl)c(Cl)c3F)c12. The van der Waals surface area contributed by atoms with Crippen molar-refractivity contribution in [3.05, 3.63) is 58.6 Å². The largest absolute Gasteiger partial charge is 0.488 e. The van der Waals surface area contributed by atoms with E-state index >= 15 is 0 Å². The molecule has 1 atom stereocenters. The van der Waals surface area contributed by atoms with Crippen molar-refractivity contribution in [3.8, 4) is 5.75 Å². The molecule has 0 aliphatic carbocycles. The summed E-state index contributed by atoms with van der Waals surface area (Å²) in [5, 5.41) is 6.18. The van der Waals surface area contributed by atoms with E-state index in [0.717, 1.165) is 19.4 Å². The van der Waals surface area contributed by atoms with Gasteiger partial charge in [0.25, 0.3) is 0 Å². The number of likely N-dealkylation sites (N-methyl/N-ethyl adjacent to an activating group) is 1. The zero-order valence-corrected chi connectivity index (χ0v) is 21.4. The first-order valence-corrected chi connectivity index (χ1v) is 12.1. The Balaban J connectivity index is 1.70. The molecule has 1 aliphatic heterocycles. The lowest BCUT2D eigenvalue weighted by molar-refractivity contribution is -0.111. The van der Waals surface area contributed by atoms with Crippen molar-refractivity contribution in [2.24, 2.45) is 0 Å². The number of methoxy groups -OCH3 is 1. The highest BCUT2D eigenvalue weighted by Crippen LogP contribution is 2.39. The van der Waals surface area contributed by atoms with E-state index in [0.29, 0.717) is 28.9 Å². The average Bonchev–Trinajstić information content (AvgIpc) is 3.29. The Morgan fingerprint density at radius 3 is 2.78 bits per heavy atom. The third-order valence-corrected chi connectivity index (χ3v) is 6.66. The molecule has 8 nitrogen and oxygen atoms in total. The van der Waals surface area contributed by atoms with Gasteiger partial charge in [0, 0.05) is 19.2 Å². The summed E-state index contributed by atoms with van der Waals surface area (Å²) in [4.78, 5) is 23.6. The van der Waals surface area contributed by atoms with Crippen LogP contribution in [0.4, 0.5) is 21.6 Å². The molecule has 0 radical (unpaired) electrons. The first-order chi connectivity index (χ1) is 17.4. The van der Waals surface area contributed by atoms with Crippen molar-refractivity contribution in [1.29, 1.82) is 0 Å². The van der Waals surface area contributed by atoms with Crippen LogP contribution in [0.15, 0.2) is 42.7 Å². The number of fused-ring (bicyclic) bond motifs is 1. The lowest BCUT2D eigenvalue weighted by atomic mass is 10.1. The Morgan fingerprint density at radius 1 is 1.22 bits per heavy atom. The maximum Gasteiger partial charge on any atom is 0.248 e. The van der Waals surface area contributed by atoms with Crippen LogP contribution in [-0.2, 0) is 9.53 Å². The molecule has 1 amide bonds. The number of nitrogens with zero attached hydrogens (tertiary/aromatic N) is 3. The fraction of sp³-hybridized carbons (Fsp3) is 0.320. The number of halogens is 3. The number of hydrogen-bond acceptors (Lipinski definition) is 7. The zero-order chi connectivity index (χ0) is 25.7. The summed E-state index contributed by atoms with van der Waals surface area (Å²) in [7, 11) is 3.60. The van der Waals surface area contributed by atoms with E-state index in [1.165, 1.54) is 24.5 Å². The van der Waals surface area contributed by atoms with Gasteiger partial charge < -0.3 is 20.1 Å². The molecule has 1 saturated heterocycles. The van der Waals surface area contributed by atoms with Gasteiger partial charge in [0.2, 0.25) is 5.91 Å². The van der Waals surface area contributed by atoms with Crippen molar-refractivity contribution in [2.45, 2.75) is 18.9 Å². The molecule has 1 fully saturated rings. The highest BCUT2D eigenvalue weighted by Gasteiger charge is 2.20. The van der Waals surface area contributed by atoms with Gasteiger partial charge in [0.05, 0.1) is 38.9 Å². The van der Waals surface area contributed by atoms with Crippen LogP contribution in [0.5, 0.6) is 5.75 Å². The molecule has 0 bridgehead atoms. The lowest BCUT2D eigenvalue weighted by Gasteiger charge is -2.17. The first-order valence-electron chi connectivity index (χ1n) is 11.4. The van der Waals surface area contributed by atoms with Crippen LogP contribution in [0.2, 0.25) is 10.0 Å². The van der Waals surface area contributed by atoms with Crippen molar-refractivity contribution in [2.75, 3.05) is 44.5 Å². The van der Waals surface area contributed by atoms with Gasteiger partial charge in [-0.25, -0.2) is 14.4 Å². The van der Waals surface area contributed by atoms with E-state index in [1.54, 1.807) is 19.2 Å². The molecule has 2 N–H and O–H groups in total. The zero-order valence-electron chi connectivity index (χ0n) is 19.9. The number of hydrogen-bond donors (Lipinski definition) is 2. The Hall–Kier alpha value is -2.98. The molecule has 1 aliphatic rings. The van der Waals surface area contributed by atoms with Crippen LogP contribution in [0.3, 0.4) is 0 Å². The summed E-state index contributed by atoms with van der Waals surface area (Å²) in [5.74, 6) is -0.422. The summed E-state index contributed by atoms with van der Waals surface area (Å²) >= 11 is 11.9. The molecular weight excluding hydrogens is 508 g/mol. The summed E-state index contributed by atoms with van der Waals surface area (Å²) in [6, 6.07) is 6.60. The summed E-state index contributed by atoms with van der Waals surface area (Å²) in [6.45, 7) is 1.53. The standard InChI is InChI=1S/C25H26Cl2FN5O3/c1-33-11-3-4-15(33)5-10-20(34)31-19-9-8-17-21(24(19)36-13-12-35-2)25(30-14-29-17)32-18-7-6-16(26)22(27)23(18)28/h5-10,14-15H,3-4,11-13H2,1-2H3,(H,31,34)(H,29,30,32)/b10-5+. The number of likely N-dealkylation sites (tertiary alicyclic amines) is 1. The minimum atomic E-state index is -0.718. The first kappa shape index (κ1) is 26.1. The van der Waals surface area contributed by atoms with Crippen LogP contribution < -0.4 is 15.4 Å². The maximum absolute atomic E-state index is 14.8. The van der Waals surface area contributed by atoms with Gasteiger partial charge >= 0.3 is 0 Å². The number of anilines is 3. The smallest absolute Gasteiger partial charge is 0.248 e. The van der Waals surface area contributed by atoms with Crippen molar-refractivity contribution < 1.29 is 18.7 Å². The van der Waals surface area contributed by atoms with Crippen molar-refractivity contribution in [1.82, 2.24) is 14.9 Å². The molecule has 11 heteroatoms. The number of carbonyl (C=O) groups excluding carboxylic acids is 1. The van der Waals surface area contributed by atoms with E-state index in [2.05, 4.69) is 25.5 Å². The minimum Gasteiger partial charge on any atom is -0.488 e. The number of carbonyl (C=O) groups is 1. The summed E-state index contributed by atoms with van der Waals surface area (Å²) in [6.07, 6.45) is 6.89. The second-order valence-corrected chi connectivity index (χ2v) is 9.07. The van der Waals surface area contributed by atoms with Gasteiger partial charge in [-0.15, -0.1) is 0 Å². The van der Waals surface area contributed by atoms with Crippen LogP contribution in [0, 0.1) is 5.82 Å². The van der Waals surface area contributed by atoms with Crippen LogP contribution >= 0.6 is 23.2 Å². The molecular formula is C25H26Cl2FN5O3. The number of benzene rings is 2. The van der Waals surface area contributed by atoms with Crippen LogP contribution in [-0.4, -0.2) is 60.7 Å². The fourth-order valence-electron chi connectivity index (χ4n) is 3.99. The molecule has 2 heterocycles. The average molecular weight is 534 g/mol. The number of nitrogens with one attached hydrogen (secondary N) is 2. The van der Waals surface area contributed by atoms with Crippen LogP contribution in [0.1, 0.15) is 12.8 Å². The van der Waals surface area contributed by atoms with E-state index in [9.17, 15) is 9.18 Å². The Bertz CT molecular complexity index is 1290. The van der Waals surface area contributed by atoms with E-state index in [-0.39, 0.29) is 40.1 Å². The third-order valence-electron chi connectivity index (χ3n) is 5.88. The van der Waals surface area contributed by atoms with Gasteiger partial charge in [-0.1, -0.05) is 29.3 Å². The molecule has 1 aromatic heterocycles. The molecule has 3 aromatic rings. The lowest BCUT2D eigenvalue weighted by Crippen LogP contribution is -2.23. The fourth-order valence-corrected chi connectivity index (χ4v) is 4.31. The van der Waals surface area contributed by atoms with Crippen molar-refractivity contribution in [3.63, 3.8) is 0 Å². The molecule has 1 unspecified atom stereocenters. The summed E-state index contributed by atoms with van der Waals surface area (Å²) < 4.78 is 25.9. The molecule has 4 rings (SSSR count). The molecule has 0 spiro atoms. The second-order valence-electron chi connectivity index (χ2n) is 8.29. The predicted octanol–water partition coefficient (Wildman–Crippen LogP) is 5.43. The van der Waals surface area contributed by atoms with E-state index < -0.39 is 5.82 Å². The molecule has 190 valence electrons. The highest BCUT2D eigenvalue weighted by molar-refractivity contribution is 6.42. The molecule has 36 heavy (non-hydrogen) atoms. The number of amides is 1. The number of ether oxygens (including phenoxy) is 2. The molecule has 2 aromatic carbocycles. The Labute approximate surface area is 218 Å². The van der Waals surface area contributed by atoms with Gasteiger partial charge in [-0.3, -0.25) is 9.69 Å². The highest BCUT2D eigenvalue weighted by atomic mass is 35.5. The number of aromatic nitrogens is 2. The monoisotopic (exact) mass is 533 g/mol. The van der Waals surface area contributed by atoms with Gasteiger partial charge in [0.15, 0.2) is 11.6 Å². The topological polar surface area (TPSA) is 88.6 Å². The quantitative estimate of drug-likeness (QED) is 0.215. The number of rotatable bonds is 9. The van der Waals surface area contributed by atoms with Gasteiger partial charge in [-0.05, 0) is 50.7 Å². The Kier molecular flexibility index (Phi) is 8.58. The van der Waals surface area contributed by atoms with Crippen LogP contribution in [0.25, 0.3) is 10.9 Å². The third kappa shape index (κ3) is 5.87. The van der Waals surface area contributed by atoms with Gasteiger partial charge in [0.1, 0.15) is 18.8 Å². The van der Waals surface area contributed by atoms with E-state index in [4.69, 9.17) is 32.7 Å². The Morgan fingerprint density at radius 2 is 2.03 bits per heavy atom. The second kappa shape index (κ2) is 11.8. The predicted molar refractivity (Wildman–Crippen MR) is 140 cm³/mol. The maximum atomic E-state index is 14.8. The van der Waals surface area contributed by atoms with E-state index in [1.807, 2.05) is 13.1 Å². The molecule has 0 saturated carbocycles. The van der Waals surface area contributed by atoms with Gasteiger partial charge in [-0.2, -0.15) is 0 Å². The van der Waals surface area contributed by atoms with Crippen molar-refractivity contribution >= 4 is 57.2 Å².